The number of hydrogen-bond acceptors (Lipinski definition) is 8. The molecule has 1 amide bonds. The van der Waals surface area contributed by atoms with Gasteiger partial charge in [0.2, 0.25) is 5.91 Å². The minimum atomic E-state index is -0.0692. The molecule has 0 aliphatic carbocycles. The summed E-state index contributed by atoms with van der Waals surface area (Å²) in [5.74, 6) is 1.06. The number of rotatable bonds is 6. The number of hydrogen-bond donors (Lipinski definition) is 1. The maximum Gasteiger partial charge on any atom is 0.236 e. The van der Waals surface area contributed by atoms with Crippen molar-refractivity contribution < 1.29 is 9.53 Å². The van der Waals surface area contributed by atoms with E-state index in [1.165, 1.54) is 23.1 Å². The average Bonchev–Trinajstić information content (AvgIpc) is 3.29. The maximum absolute atomic E-state index is 12.3. The van der Waals surface area contributed by atoms with Crippen LogP contribution in [0.25, 0.3) is 20.4 Å². The van der Waals surface area contributed by atoms with E-state index in [9.17, 15) is 4.79 Å². The van der Waals surface area contributed by atoms with E-state index in [0.29, 0.717) is 10.9 Å². The van der Waals surface area contributed by atoms with Crippen molar-refractivity contribution in [1.29, 1.82) is 0 Å². The number of carbonyl (C=O) groups is 1. The van der Waals surface area contributed by atoms with Crippen molar-refractivity contribution in [2.75, 3.05) is 24.4 Å². The highest BCUT2D eigenvalue weighted by molar-refractivity contribution is 8.00. The Morgan fingerprint density at radius 2 is 1.78 bits per heavy atom. The van der Waals surface area contributed by atoms with E-state index in [2.05, 4.69) is 15.3 Å². The van der Waals surface area contributed by atoms with E-state index in [4.69, 9.17) is 4.74 Å². The Morgan fingerprint density at radius 3 is 2.48 bits per heavy atom. The highest BCUT2D eigenvalue weighted by Crippen LogP contribution is 2.38. The molecule has 138 valence electrons. The summed E-state index contributed by atoms with van der Waals surface area (Å²) in [6.07, 6.45) is 2.02. The molecule has 1 N–H and O–H groups in total. The Bertz CT molecular complexity index is 1110. The van der Waals surface area contributed by atoms with Crippen LogP contribution in [0.1, 0.15) is 0 Å². The fourth-order valence-corrected chi connectivity index (χ4v) is 5.84. The van der Waals surface area contributed by atoms with Crippen LogP contribution < -0.4 is 10.1 Å². The number of fused-ring (bicyclic) bond motifs is 3. The van der Waals surface area contributed by atoms with Crippen molar-refractivity contribution in [1.82, 2.24) is 9.97 Å². The SMILES string of the molecule is COc1ccc(SCC(=O)Nc2nc3ccc4nc(SC)sc4c3s2)cc1. The molecule has 0 aliphatic rings. The molecule has 0 unspecified atom stereocenters. The molecule has 2 aromatic heterocycles. The predicted octanol–water partition coefficient (Wildman–Crippen LogP) is 5.37. The number of thiazole rings is 2. The van der Waals surface area contributed by atoms with Crippen LogP contribution in [0, 0.1) is 0 Å². The zero-order valence-electron chi connectivity index (χ0n) is 14.5. The monoisotopic (exact) mass is 433 g/mol. The van der Waals surface area contributed by atoms with Gasteiger partial charge in [0.1, 0.15) is 5.75 Å². The third kappa shape index (κ3) is 4.06. The molecule has 5 nitrogen and oxygen atoms in total. The first kappa shape index (κ1) is 18.5. The number of aromatic nitrogens is 2. The van der Waals surface area contributed by atoms with Gasteiger partial charge in [-0.1, -0.05) is 23.1 Å². The molecule has 4 rings (SSSR count). The van der Waals surface area contributed by atoms with Crippen LogP contribution in [0.15, 0.2) is 45.6 Å². The number of nitrogens with zero attached hydrogens (tertiary/aromatic N) is 2. The Labute approximate surface area is 172 Å². The van der Waals surface area contributed by atoms with Crippen LogP contribution >= 0.6 is 46.2 Å². The van der Waals surface area contributed by atoms with E-state index in [1.54, 1.807) is 30.2 Å². The summed E-state index contributed by atoms with van der Waals surface area (Å²) in [6.45, 7) is 0. The zero-order valence-corrected chi connectivity index (χ0v) is 17.8. The first-order valence-corrected chi connectivity index (χ1v) is 11.8. The van der Waals surface area contributed by atoms with Crippen LogP contribution in [0.4, 0.5) is 5.13 Å². The number of amides is 1. The second-order valence-electron chi connectivity index (χ2n) is 5.48. The Kier molecular flexibility index (Phi) is 5.53. The van der Waals surface area contributed by atoms with Crippen molar-refractivity contribution >= 4 is 77.7 Å². The van der Waals surface area contributed by atoms with E-state index >= 15 is 0 Å². The summed E-state index contributed by atoms with van der Waals surface area (Å²) in [4.78, 5) is 22.5. The van der Waals surface area contributed by atoms with E-state index < -0.39 is 0 Å². The summed E-state index contributed by atoms with van der Waals surface area (Å²) in [7, 11) is 1.63. The number of nitrogens with one attached hydrogen (secondary N) is 1. The third-order valence-corrected chi connectivity index (χ3v) is 7.96. The van der Waals surface area contributed by atoms with Crippen molar-refractivity contribution in [2.45, 2.75) is 9.24 Å². The quantitative estimate of drug-likeness (QED) is 0.413. The number of anilines is 1. The molecule has 0 saturated carbocycles. The third-order valence-electron chi connectivity index (χ3n) is 3.74. The van der Waals surface area contributed by atoms with Gasteiger partial charge in [-0.15, -0.1) is 23.1 Å². The standard InChI is InChI=1S/C18H15N3O2S4/c1-23-10-3-5-11(6-4-10)25-9-14(22)21-17-19-12-7-8-13-16(15(12)26-17)27-18(20-13)24-2/h3-8H,9H2,1-2H3,(H,19,21,22). The van der Waals surface area contributed by atoms with Crippen LogP contribution in [0.2, 0.25) is 0 Å². The number of carbonyl (C=O) groups excluding carboxylic acids is 1. The Hall–Kier alpha value is -1.81. The highest BCUT2D eigenvalue weighted by Gasteiger charge is 2.13. The molecule has 0 bridgehead atoms. The lowest BCUT2D eigenvalue weighted by Crippen LogP contribution is -2.13. The highest BCUT2D eigenvalue weighted by atomic mass is 32.2. The summed E-state index contributed by atoms with van der Waals surface area (Å²) < 4.78 is 8.38. The number of ether oxygens (including phenoxy) is 1. The summed E-state index contributed by atoms with van der Waals surface area (Å²) in [6, 6.07) is 11.6. The largest absolute Gasteiger partial charge is 0.497 e. The van der Waals surface area contributed by atoms with Gasteiger partial charge in [-0.25, -0.2) is 9.97 Å². The minimum absolute atomic E-state index is 0.0692. The van der Waals surface area contributed by atoms with Gasteiger partial charge in [-0.3, -0.25) is 4.79 Å². The lowest BCUT2D eigenvalue weighted by molar-refractivity contribution is -0.113. The van der Waals surface area contributed by atoms with Crippen LogP contribution in [0.3, 0.4) is 0 Å². The molecule has 0 radical (unpaired) electrons. The first-order valence-electron chi connectivity index (χ1n) is 7.97. The molecular formula is C18H15N3O2S4. The molecule has 0 saturated heterocycles. The molecule has 4 aromatic rings. The second kappa shape index (κ2) is 8.05. The number of methoxy groups -OCH3 is 1. The van der Waals surface area contributed by atoms with Gasteiger partial charge in [0.25, 0.3) is 0 Å². The first-order chi connectivity index (χ1) is 13.2. The molecular weight excluding hydrogens is 418 g/mol. The molecule has 0 aliphatic heterocycles. The van der Waals surface area contributed by atoms with Crippen molar-refractivity contribution in [3.8, 4) is 5.75 Å². The normalized spacial score (nSPS) is 11.2. The van der Waals surface area contributed by atoms with Gasteiger partial charge < -0.3 is 10.1 Å². The van der Waals surface area contributed by atoms with Crippen molar-refractivity contribution in [2.24, 2.45) is 0 Å². The number of thioether (sulfide) groups is 2. The predicted molar refractivity (Wildman–Crippen MR) is 117 cm³/mol. The van der Waals surface area contributed by atoms with Crippen LogP contribution in [-0.4, -0.2) is 35.0 Å². The second-order valence-corrected chi connectivity index (χ2v) is 9.58. The molecule has 0 fully saturated rings. The minimum Gasteiger partial charge on any atom is -0.497 e. The molecule has 0 spiro atoms. The Balaban J connectivity index is 1.46. The molecule has 0 atom stereocenters. The van der Waals surface area contributed by atoms with Gasteiger partial charge in [0, 0.05) is 4.90 Å². The number of benzene rings is 2. The van der Waals surface area contributed by atoms with E-state index in [1.807, 2.05) is 42.7 Å². The maximum atomic E-state index is 12.3. The molecule has 2 aromatic carbocycles. The summed E-state index contributed by atoms with van der Waals surface area (Å²) >= 11 is 6.28. The fraction of sp³-hybridized carbons (Fsp3) is 0.167. The van der Waals surface area contributed by atoms with Crippen molar-refractivity contribution in [3.63, 3.8) is 0 Å². The summed E-state index contributed by atoms with van der Waals surface area (Å²) in [5.41, 5.74) is 1.87. The van der Waals surface area contributed by atoms with E-state index in [-0.39, 0.29) is 5.91 Å². The van der Waals surface area contributed by atoms with Gasteiger partial charge in [-0.2, -0.15) is 0 Å². The smallest absolute Gasteiger partial charge is 0.236 e. The lowest BCUT2D eigenvalue weighted by Gasteiger charge is -2.03. The van der Waals surface area contributed by atoms with Crippen molar-refractivity contribution in [3.05, 3.63) is 36.4 Å². The molecule has 2 heterocycles. The van der Waals surface area contributed by atoms with Crippen LogP contribution in [-0.2, 0) is 4.79 Å². The fourth-order valence-electron chi connectivity index (χ4n) is 2.47. The van der Waals surface area contributed by atoms with Gasteiger partial charge in [0.05, 0.1) is 33.3 Å². The lowest BCUT2D eigenvalue weighted by atomic mass is 10.3. The average molecular weight is 434 g/mol. The van der Waals surface area contributed by atoms with E-state index in [0.717, 1.165) is 35.4 Å². The molecule has 9 heteroatoms. The van der Waals surface area contributed by atoms with Gasteiger partial charge >= 0.3 is 0 Å². The molecule has 27 heavy (non-hydrogen) atoms. The Morgan fingerprint density at radius 1 is 1.07 bits per heavy atom. The van der Waals surface area contributed by atoms with Crippen LogP contribution in [0.5, 0.6) is 5.75 Å². The van der Waals surface area contributed by atoms with Gasteiger partial charge in [-0.05, 0) is 42.7 Å². The summed E-state index contributed by atoms with van der Waals surface area (Å²) in [5, 5.41) is 3.53. The topological polar surface area (TPSA) is 64.1 Å². The zero-order chi connectivity index (χ0) is 18.8. The van der Waals surface area contributed by atoms with Gasteiger partial charge in [0.15, 0.2) is 9.47 Å².